The van der Waals surface area contributed by atoms with Crippen LogP contribution in [0.2, 0.25) is 0 Å². The van der Waals surface area contributed by atoms with Gasteiger partial charge in [-0.1, -0.05) is 80.5 Å². The summed E-state index contributed by atoms with van der Waals surface area (Å²) in [5.74, 6) is 1.28. The third kappa shape index (κ3) is 5.27. The first kappa shape index (κ1) is 29.9. The number of aromatic nitrogens is 1. The number of rotatable bonds is 5. The second-order valence-electron chi connectivity index (χ2n) is 12.3. The van der Waals surface area contributed by atoms with E-state index in [2.05, 4.69) is 157 Å². The quantitative estimate of drug-likeness (QED) is 0.162. The van der Waals surface area contributed by atoms with E-state index in [0.29, 0.717) is 11.5 Å². The van der Waals surface area contributed by atoms with Crippen molar-refractivity contribution in [1.82, 2.24) is 4.57 Å². The Balaban J connectivity index is 0.00000338. The maximum Gasteiger partial charge on any atom is 4.00 e. The van der Waals surface area contributed by atoms with Gasteiger partial charge in [-0.25, -0.2) is 0 Å². The fraction of sp³-hybridized carbons (Fsp3) is 0.0976. The fourth-order valence-corrected chi connectivity index (χ4v) is 6.07. The van der Waals surface area contributed by atoms with E-state index in [-0.39, 0.29) is 26.5 Å². The van der Waals surface area contributed by atoms with E-state index >= 15 is 0 Å². The van der Waals surface area contributed by atoms with E-state index in [9.17, 15) is 0 Å². The van der Waals surface area contributed by atoms with Crippen LogP contribution in [0.15, 0.2) is 127 Å². The molecule has 6 aromatic carbocycles. The summed E-state index contributed by atoms with van der Waals surface area (Å²) >= 11 is 0. The van der Waals surface area contributed by atoms with Gasteiger partial charge < -0.3 is 19.1 Å². The molecule has 0 amide bonds. The molecular weight excluding hydrogens is 746 g/mol. The van der Waals surface area contributed by atoms with Gasteiger partial charge in [-0.2, -0.15) is 30.3 Å². The summed E-state index contributed by atoms with van der Waals surface area (Å²) in [6.07, 6.45) is 0. The molecule has 8 rings (SSSR count). The first-order valence-corrected chi connectivity index (χ1v) is 15.2. The van der Waals surface area contributed by atoms with Crippen molar-refractivity contribution in [2.75, 3.05) is 9.80 Å². The molecule has 0 radical (unpaired) electrons. The van der Waals surface area contributed by atoms with E-state index in [1.54, 1.807) is 0 Å². The van der Waals surface area contributed by atoms with Crippen LogP contribution < -0.4 is 14.5 Å². The summed E-state index contributed by atoms with van der Waals surface area (Å²) in [6, 6.07) is 54.4. The monoisotopic (exact) mass is 776 g/mol. The van der Waals surface area contributed by atoms with Crippen molar-refractivity contribution in [2.45, 2.75) is 26.2 Å². The van der Waals surface area contributed by atoms with Crippen LogP contribution in [0.4, 0.5) is 22.7 Å². The Kier molecular flexibility index (Phi) is 7.70. The molecular formula is C41H31N3OPt. The minimum atomic E-state index is -0.108. The van der Waals surface area contributed by atoms with Crippen molar-refractivity contribution in [3.63, 3.8) is 0 Å². The maximum atomic E-state index is 6.62. The van der Waals surface area contributed by atoms with Crippen molar-refractivity contribution in [3.8, 4) is 17.2 Å². The smallest absolute Gasteiger partial charge is 0.509 e. The summed E-state index contributed by atoms with van der Waals surface area (Å²) in [6.45, 7) is 8.80. The molecule has 0 saturated heterocycles. The van der Waals surface area contributed by atoms with Gasteiger partial charge in [0.15, 0.2) is 0 Å². The number of fused-ring (bicyclic) bond motifs is 4. The molecule has 0 bridgehead atoms. The molecule has 226 valence electrons. The normalized spacial score (nSPS) is 12.8. The molecule has 4 nitrogen and oxygen atoms in total. The first-order valence-electron chi connectivity index (χ1n) is 15.2. The van der Waals surface area contributed by atoms with Crippen LogP contribution in [0.25, 0.3) is 27.5 Å². The largest absolute Gasteiger partial charge is 4.00 e. The molecule has 2 heterocycles. The van der Waals surface area contributed by atoms with Crippen molar-refractivity contribution >= 4 is 44.6 Å². The Morgan fingerprint density at radius 1 is 0.630 bits per heavy atom. The van der Waals surface area contributed by atoms with Crippen LogP contribution in [-0.4, -0.2) is 4.57 Å². The number of nitrogens with zero attached hydrogens (tertiary/aromatic N) is 3. The average molecular weight is 777 g/mol. The molecule has 1 aromatic heterocycles. The molecule has 0 spiro atoms. The van der Waals surface area contributed by atoms with Gasteiger partial charge in [0.25, 0.3) is 0 Å². The number of hydrogen-bond donors (Lipinski definition) is 0. The number of para-hydroxylation sites is 5. The van der Waals surface area contributed by atoms with Crippen molar-refractivity contribution in [2.24, 2.45) is 0 Å². The molecule has 5 heteroatoms. The summed E-state index contributed by atoms with van der Waals surface area (Å²) < 4.78 is 8.82. The molecule has 1 aliphatic rings. The Hall–Kier alpha value is -4.79. The van der Waals surface area contributed by atoms with Gasteiger partial charge in [-0.05, 0) is 41.1 Å². The third-order valence-electron chi connectivity index (χ3n) is 8.33. The summed E-state index contributed by atoms with van der Waals surface area (Å²) in [4.78, 5) is 4.41. The maximum absolute atomic E-state index is 6.62. The zero-order valence-corrected chi connectivity index (χ0v) is 28.0. The van der Waals surface area contributed by atoms with E-state index in [1.165, 1.54) is 5.39 Å². The van der Waals surface area contributed by atoms with Crippen molar-refractivity contribution in [3.05, 3.63) is 158 Å². The molecule has 0 unspecified atom stereocenters. The molecule has 0 atom stereocenters. The molecule has 0 aliphatic carbocycles. The Morgan fingerprint density at radius 3 is 2.11 bits per heavy atom. The van der Waals surface area contributed by atoms with Crippen LogP contribution in [0, 0.1) is 24.9 Å². The Morgan fingerprint density at radius 2 is 1.35 bits per heavy atom. The van der Waals surface area contributed by atoms with Gasteiger partial charge >= 0.3 is 21.1 Å². The van der Waals surface area contributed by atoms with Gasteiger partial charge in [0.2, 0.25) is 0 Å². The van der Waals surface area contributed by atoms with Crippen LogP contribution >= 0.6 is 0 Å². The zero-order valence-electron chi connectivity index (χ0n) is 25.8. The van der Waals surface area contributed by atoms with Gasteiger partial charge in [0, 0.05) is 34.1 Å². The molecule has 7 aromatic rings. The van der Waals surface area contributed by atoms with Gasteiger partial charge in [-0.15, -0.1) is 59.7 Å². The number of ether oxygens (including phenoxy) is 1. The number of hydrogen-bond acceptors (Lipinski definition) is 3. The molecule has 0 N–H and O–H groups in total. The van der Waals surface area contributed by atoms with Gasteiger partial charge in [-0.3, -0.25) is 0 Å². The van der Waals surface area contributed by atoms with E-state index < -0.39 is 0 Å². The van der Waals surface area contributed by atoms with Crippen molar-refractivity contribution < 1.29 is 25.8 Å². The van der Waals surface area contributed by atoms with Crippen molar-refractivity contribution in [1.29, 1.82) is 0 Å². The van der Waals surface area contributed by atoms with E-state index in [1.807, 2.05) is 30.3 Å². The van der Waals surface area contributed by atoms with Crippen LogP contribution in [0.1, 0.15) is 26.3 Å². The number of anilines is 4. The van der Waals surface area contributed by atoms with Crippen LogP contribution in [0.5, 0.6) is 11.5 Å². The third-order valence-corrected chi connectivity index (χ3v) is 8.33. The van der Waals surface area contributed by atoms with Gasteiger partial charge in [0.1, 0.15) is 0 Å². The summed E-state index contributed by atoms with van der Waals surface area (Å²) in [7, 11) is 0. The van der Waals surface area contributed by atoms with Crippen LogP contribution in [-0.2, 0) is 26.5 Å². The first-order chi connectivity index (χ1) is 21.9. The molecule has 0 fully saturated rings. The predicted octanol–water partition coefficient (Wildman–Crippen LogP) is 10.7. The van der Waals surface area contributed by atoms with E-state index in [0.717, 1.165) is 50.4 Å². The summed E-state index contributed by atoms with van der Waals surface area (Å²) in [5, 5.41) is 2.29. The number of benzene rings is 6. The Bertz CT molecular complexity index is 2170. The molecule has 1 aliphatic heterocycles. The predicted molar refractivity (Wildman–Crippen MR) is 184 cm³/mol. The second-order valence-corrected chi connectivity index (χ2v) is 12.3. The minimum Gasteiger partial charge on any atom is -0.509 e. The van der Waals surface area contributed by atoms with Crippen LogP contribution in [0.3, 0.4) is 0 Å². The summed E-state index contributed by atoms with van der Waals surface area (Å²) in [5.41, 5.74) is 8.29. The minimum absolute atomic E-state index is 0. The fourth-order valence-electron chi connectivity index (χ4n) is 6.07. The zero-order chi connectivity index (χ0) is 30.5. The molecule has 46 heavy (non-hydrogen) atoms. The van der Waals surface area contributed by atoms with Gasteiger partial charge in [0.05, 0.1) is 0 Å². The standard InChI is InChI=1S/C41H31N3O.Pt/c1-41(2,3)29-24-32(43-28-42(30-14-6-4-7-15-30)38-20-12-13-21-39(38)43)26-34(25-29)45-33-22-23-36-35-18-10-11-19-37(35)44(40(36)27-33)31-16-8-5-9-17-31;/h4-16,18-25,28H,1-3H3;/q-4;+4. The second kappa shape index (κ2) is 11.9. The topological polar surface area (TPSA) is 20.6 Å². The SMILES string of the molecule is CC(C)(C)c1cc(Oc2[c-]c3c(cc2)c2ccccc2n3-c2[c-]cccc2)[c-]c(N2[CH-]N(c3ccccc3)c3ccccc32)c1.[Pt+4]. The average Bonchev–Trinajstić information content (AvgIpc) is 3.61. The van der Waals surface area contributed by atoms with E-state index in [4.69, 9.17) is 4.74 Å². The Labute approximate surface area is 284 Å². The molecule has 0 saturated carbocycles.